The summed E-state index contributed by atoms with van der Waals surface area (Å²) in [7, 11) is 0. The van der Waals surface area contributed by atoms with Crippen molar-refractivity contribution in [2.24, 2.45) is 35.5 Å². The van der Waals surface area contributed by atoms with Crippen LogP contribution in [-0.4, -0.2) is 31.3 Å². The highest BCUT2D eigenvalue weighted by molar-refractivity contribution is 5.88. The van der Waals surface area contributed by atoms with Crippen molar-refractivity contribution in [3.63, 3.8) is 0 Å². The molecule has 8 nitrogen and oxygen atoms in total. The van der Waals surface area contributed by atoms with Gasteiger partial charge in [-0.2, -0.15) is 0 Å². The van der Waals surface area contributed by atoms with Crippen molar-refractivity contribution in [1.29, 1.82) is 0 Å². The maximum atomic E-state index is 13.2. The predicted octanol–water partition coefficient (Wildman–Crippen LogP) is 9.03. The van der Waals surface area contributed by atoms with Crippen molar-refractivity contribution >= 4 is 12.3 Å². The Morgan fingerprint density at radius 1 is 0.674 bits per heavy atom. The highest BCUT2D eigenvalue weighted by atomic mass is 16.7. The fraction of sp³-hybridized carbons (Fsp3) is 0.600. The highest BCUT2D eigenvalue weighted by Crippen LogP contribution is 2.49. The first-order valence-electron chi connectivity index (χ1n) is 15.9. The average Bonchev–Trinajstić information content (AvgIpc) is 3.13. The van der Waals surface area contributed by atoms with Crippen LogP contribution in [0.25, 0.3) is 11.1 Å². The van der Waals surface area contributed by atoms with Crippen molar-refractivity contribution in [2.75, 3.05) is 6.79 Å². The van der Waals surface area contributed by atoms with Crippen LogP contribution >= 0.6 is 0 Å². The van der Waals surface area contributed by atoms with Crippen LogP contribution in [0.15, 0.2) is 36.4 Å². The lowest BCUT2D eigenvalue weighted by atomic mass is 9.75. The lowest BCUT2D eigenvalue weighted by Crippen LogP contribution is -2.36. The molecule has 43 heavy (non-hydrogen) atoms. The zero-order valence-corrected chi connectivity index (χ0v) is 26.3. The van der Waals surface area contributed by atoms with E-state index >= 15 is 0 Å². The summed E-state index contributed by atoms with van der Waals surface area (Å²) in [6.07, 6.45) is 3.94. The molecule has 1 heterocycles. The van der Waals surface area contributed by atoms with Gasteiger partial charge in [-0.3, -0.25) is 0 Å². The first-order chi connectivity index (χ1) is 20.6. The van der Waals surface area contributed by atoms with E-state index in [-0.39, 0.29) is 42.3 Å². The Bertz CT molecular complexity index is 1190. The second kappa shape index (κ2) is 13.5. The smallest absolute Gasteiger partial charge is 0.457 e. The van der Waals surface area contributed by atoms with Gasteiger partial charge in [0.15, 0.2) is 0 Å². The van der Waals surface area contributed by atoms with Crippen LogP contribution in [0.2, 0.25) is 0 Å². The summed E-state index contributed by atoms with van der Waals surface area (Å²) in [5.74, 6) is 3.61. The molecule has 2 fully saturated rings. The van der Waals surface area contributed by atoms with Gasteiger partial charge in [-0.1, -0.05) is 66.5 Å². The Hall–Kier alpha value is -3.42. The normalized spacial score (nSPS) is 26.7. The SMILES string of the molecule is CC(C)[C@@H]1CC[C@@H](C)C[C@H]1OC(=O)Oc1cccc2c1-c1c(cccc1OC(=O)O[C@@H]1C[C@H](C)CC[C@H]1C(C)C)OCO2. The van der Waals surface area contributed by atoms with E-state index in [4.69, 9.17) is 28.4 Å². The summed E-state index contributed by atoms with van der Waals surface area (Å²) in [6, 6.07) is 10.3. The van der Waals surface area contributed by atoms with E-state index in [1.54, 1.807) is 36.4 Å². The van der Waals surface area contributed by atoms with E-state index in [2.05, 4.69) is 41.5 Å². The second-order valence-electron chi connectivity index (χ2n) is 13.3. The summed E-state index contributed by atoms with van der Waals surface area (Å²) in [5.41, 5.74) is 0.887. The molecular weight excluding hydrogens is 548 g/mol. The molecule has 0 bridgehead atoms. The molecule has 0 unspecified atom stereocenters. The highest BCUT2D eigenvalue weighted by Gasteiger charge is 2.36. The lowest BCUT2D eigenvalue weighted by molar-refractivity contribution is -0.0145. The van der Waals surface area contributed by atoms with Gasteiger partial charge >= 0.3 is 12.3 Å². The molecule has 234 valence electrons. The molecule has 0 radical (unpaired) electrons. The largest absolute Gasteiger partial charge is 0.514 e. The molecule has 6 atom stereocenters. The number of carbonyl (C=O) groups excluding carboxylic acids is 2. The monoisotopic (exact) mass is 594 g/mol. The Labute approximate surface area is 255 Å². The summed E-state index contributed by atoms with van der Waals surface area (Å²) < 4.78 is 35.3. The van der Waals surface area contributed by atoms with Crippen molar-refractivity contribution in [3.8, 4) is 34.1 Å². The van der Waals surface area contributed by atoms with E-state index < -0.39 is 12.3 Å². The molecule has 0 amide bonds. The molecule has 2 aromatic rings. The van der Waals surface area contributed by atoms with Gasteiger partial charge < -0.3 is 28.4 Å². The van der Waals surface area contributed by atoms with Gasteiger partial charge in [0.25, 0.3) is 0 Å². The molecule has 0 aromatic heterocycles. The Balaban J connectivity index is 1.40. The molecule has 3 aliphatic rings. The Kier molecular flexibility index (Phi) is 9.72. The number of fused-ring (bicyclic) bond motifs is 3. The Morgan fingerprint density at radius 3 is 1.49 bits per heavy atom. The molecule has 0 saturated heterocycles. The minimum Gasteiger partial charge on any atom is -0.457 e. The molecule has 1 aliphatic heterocycles. The summed E-state index contributed by atoms with van der Waals surface area (Å²) >= 11 is 0. The standard InChI is InChI=1S/C35H46O8/c1-20(2)24-15-13-22(5)17-30(24)42-34(36)40-28-11-7-9-26-32(28)33-27(39-19-38-26)10-8-12-29(33)41-35(37)43-31-18-23(6)14-16-25(31)21(3)4/h7-12,20-25,30-31H,13-19H2,1-6H3/t22-,23-,24+,25+,30-,31-/m1/s1. The maximum Gasteiger partial charge on any atom is 0.514 e. The molecule has 2 aliphatic carbocycles. The third-order valence-corrected chi connectivity index (χ3v) is 9.46. The summed E-state index contributed by atoms with van der Waals surface area (Å²) in [6.45, 7) is 13.0. The minimum atomic E-state index is -0.770. The molecule has 5 rings (SSSR count). The third kappa shape index (κ3) is 7.22. The van der Waals surface area contributed by atoms with Crippen molar-refractivity contribution in [3.05, 3.63) is 36.4 Å². The predicted molar refractivity (Wildman–Crippen MR) is 162 cm³/mol. The number of rotatable bonds is 6. The van der Waals surface area contributed by atoms with E-state index in [0.29, 0.717) is 46.3 Å². The van der Waals surface area contributed by atoms with Crippen LogP contribution in [-0.2, 0) is 9.47 Å². The van der Waals surface area contributed by atoms with Gasteiger partial charge in [0.2, 0.25) is 6.79 Å². The fourth-order valence-electron chi connectivity index (χ4n) is 7.06. The van der Waals surface area contributed by atoms with E-state index in [0.717, 1.165) is 38.5 Å². The number of carbonyl (C=O) groups is 2. The van der Waals surface area contributed by atoms with Crippen LogP contribution in [0, 0.1) is 35.5 Å². The van der Waals surface area contributed by atoms with Crippen LogP contribution in [0.5, 0.6) is 23.0 Å². The molecule has 0 spiro atoms. The van der Waals surface area contributed by atoms with E-state index in [1.807, 2.05) is 0 Å². The van der Waals surface area contributed by atoms with E-state index in [1.165, 1.54) is 0 Å². The van der Waals surface area contributed by atoms with Crippen LogP contribution in [0.1, 0.15) is 80.1 Å². The van der Waals surface area contributed by atoms with Crippen molar-refractivity contribution in [2.45, 2.75) is 92.3 Å². The van der Waals surface area contributed by atoms with Crippen molar-refractivity contribution in [1.82, 2.24) is 0 Å². The van der Waals surface area contributed by atoms with Gasteiger partial charge in [-0.25, -0.2) is 9.59 Å². The molecule has 8 heteroatoms. The zero-order chi connectivity index (χ0) is 30.7. The van der Waals surface area contributed by atoms with Crippen LogP contribution in [0.4, 0.5) is 9.59 Å². The van der Waals surface area contributed by atoms with Crippen molar-refractivity contribution < 1.29 is 38.0 Å². The van der Waals surface area contributed by atoms with Gasteiger partial charge in [-0.05, 0) is 85.5 Å². The molecule has 2 saturated carbocycles. The number of hydrogen-bond donors (Lipinski definition) is 0. The van der Waals surface area contributed by atoms with Gasteiger partial charge in [0.05, 0.1) is 11.1 Å². The summed E-state index contributed by atoms with van der Waals surface area (Å²) in [4.78, 5) is 26.4. The fourth-order valence-corrected chi connectivity index (χ4v) is 7.06. The van der Waals surface area contributed by atoms with E-state index in [9.17, 15) is 9.59 Å². The van der Waals surface area contributed by atoms with Crippen LogP contribution < -0.4 is 18.9 Å². The average molecular weight is 595 g/mol. The minimum absolute atomic E-state index is 0.0616. The lowest BCUT2D eigenvalue weighted by Gasteiger charge is -2.36. The van der Waals surface area contributed by atoms with Gasteiger partial charge in [0.1, 0.15) is 35.2 Å². The third-order valence-electron chi connectivity index (χ3n) is 9.46. The first-order valence-corrected chi connectivity index (χ1v) is 15.9. The van der Waals surface area contributed by atoms with Gasteiger partial charge in [0, 0.05) is 0 Å². The number of hydrogen-bond acceptors (Lipinski definition) is 8. The topological polar surface area (TPSA) is 89.5 Å². The Morgan fingerprint density at radius 2 is 1.09 bits per heavy atom. The quantitative estimate of drug-likeness (QED) is 0.242. The first kappa shape index (κ1) is 31.0. The number of ether oxygens (including phenoxy) is 6. The zero-order valence-electron chi connectivity index (χ0n) is 26.3. The molecular formula is C35H46O8. The second-order valence-corrected chi connectivity index (χ2v) is 13.3. The molecule has 2 aromatic carbocycles. The van der Waals surface area contributed by atoms with Crippen LogP contribution in [0.3, 0.4) is 0 Å². The van der Waals surface area contributed by atoms with Gasteiger partial charge in [-0.15, -0.1) is 0 Å². The number of benzene rings is 2. The summed E-state index contributed by atoms with van der Waals surface area (Å²) in [5, 5.41) is 0. The maximum absolute atomic E-state index is 13.2. The molecule has 0 N–H and O–H groups in total.